The highest BCUT2D eigenvalue weighted by Gasteiger charge is 2.27. The van der Waals surface area contributed by atoms with Gasteiger partial charge in [0.2, 0.25) is 0 Å². The Kier molecular flexibility index (Phi) is 2.77. The summed E-state index contributed by atoms with van der Waals surface area (Å²) in [7, 11) is 0. The molecule has 1 fully saturated rings. The predicted octanol–water partition coefficient (Wildman–Crippen LogP) is -0.0240. The number of anilines is 2. The maximum atomic E-state index is 9.41. The van der Waals surface area contributed by atoms with E-state index in [1.54, 1.807) is 12.4 Å². The first kappa shape index (κ1) is 11.2. The monoisotopic (exact) mass is 248 g/mol. The maximum absolute atomic E-state index is 9.41. The Morgan fingerprint density at radius 3 is 3.22 bits per heavy atom. The fourth-order valence-electron chi connectivity index (χ4n) is 2.48. The van der Waals surface area contributed by atoms with Gasteiger partial charge >= 0.3 is 0 Å². The largest absolute Gasteiger partial charge is 0.394 e. The van der Waals surface area contributed by atoms with Crippen molar-refractivity contribution in [2.75, 3.05) is 23.5 Å². The Balaban J connectivity index is 2.11. The van der Waals surface area contributed by atoms with Crippen LogP contribution < -0.4 is 16.2 Å². The van der Waals surface area contributed by atoms with Crippen LogP contribution in [0.15, 0.2) is 18.6 Å². The zero-order valence-electron chi connectivity index (χ0n) is 9.95. The van der Waals surface area contributed by atoms with Gasteiger partial charge in [-0.3, -0.25) is 0 Å². The molecule has 0 spiro atoms. The smallest absolute Gasteiger partial charge is 0.180 e. The normalized spacial score (nSPS) is 19.7. The van der Waals surface area contributed by atoms with E-state index in [0.717, 1.165) is 30.9 Å². The molecule has 1 aliphatic heterocycles. The van der Waals surface area contributed by atoms with Crippen molar-refractivity contribution in [1.82, 2.24) is 14.4 Å². The van der Waals surface area contributed by atoms with Crippen LogP contribution in [0, 0.1) is 0 Å². The molecule has 1 aliphatic rings. The first-order chi connectivity index (χ1) is 8.83. The Morgan fingerprint density at radius 1 is 1.56 bits per heavy atom. The third kappa shape index (κ3) is 1.68. The van der Waals surface area contributed by atoms with Crippen LogP contribution in [0.2, 0.25) is 0 Å². The van der Waals surface area contributed by atoms with Gasteiger partial charge in [-0.25, -0.2) is 15.8 Å². The van der Waals surface area contributed by atoms with Crippen molar-refractivity contribution in [2.45, 2.75) is 18.9 Å². The fourth-order valence-corrected chi connectivity index (χ4v) is 2.48. The molecule has 1 atom stereocenters. The Morgan fingerprint density at radius 2 is 2.44 bits per heavy atom. The number of imidazole rings is 1. The second kappa shape index (κ2) is 4.43. The Hall–Kier alpha value is -1.86. The molecule has 7 nitrogen and oxygen atoms in total. The van der Waals surface area contributed by atoms with Crippen LogP contribution in [0.4, 0.5) is 11.6 Å². The van der Waals surface area contributed by atoms with E-state index in [4.69, 9.17) is 5.84 Å². The highest BCUT2D eigenvalue weighted by atomic mass is 16.3. The van der Waals surface area contributed by atoms with Crippen molar-refractivity contribution in [1.29, 1.82) is 0 Å². The van der Waals surface area contributed by atoms with Gasteiger partial charge in [0.05, 0.1) is 18.8 Å². The summed E-state index contributed by atoms with van der Waals surface area (Å²) < 4.78 is 1.88. The number of hydrogen-bond donors (Lipinski definition) is 3. The van der Waals surface area contributed by atoms with Crippen LogP contribution in [0.1, 0.15) is 12.8 Å². The molecule has 0 bridgehead atoms. The van der Waals surface area contributed by atoms with Gasteiger partial charge in [0.1, 0.15) is 0 Å². The van der Waals surface area contributed by atoms with Gasteiger partial charge in [-0.2, -0.15) is 0 Å². The first-order valence-corrected chi connectivity index (χ1v) is 6.01. The predicted molar refractivity (Wildman–Crippen MR) is 68.3 cm³/mol. The summed E-state index contributed by atoms with van der Waals surface area (Å²) in [6.45, 7) is 1.02. The molecular formula is C11H16N6O. The third-order valence-electron chi connectivity index (χ3n) is 3.36. The summed E-state index contributed by atoms with van der Waals surface area (Å²) in [5.41, 5.74) is 3.34. The summed E-state index contributed by atoms with van der Waals surface area (Å²) in [6.07, 6.45) is 7.40. The quantitative estimate of drug-likeness (QED) is 0.522. The summed E-state index contributed by atoms with van der Waals surface area (Å²) in [6, 6.07) is 0.117. The summed E-state index contributed by atoms with van der Waals surface area (Å²) >= 11 is 0. The average molecular weight is 248 g/mol. The van der Waals surface area contributed by atoms with E-state index >= 15 is 0 Å². The number of nitrogen functional groups attached to an aromatic ring is 1. The van der Waals surface area contributed by atoms with Crippen molar-refractivity contribution in [3.63, 3.8) is 0 Å². The lowest BCUT2D eigenvalue weighted by Crippen LogP contribution is -2.33. The van der Waals surface area contributed by atoms with E-state index in [2.05, 4.69) is 20.3 Å². The van der Waals surface area contributed by atoms with Crippen molar-refractivity contribution in [2.24, 2.45) is 5.84 Å². The van der Waals surface area contributed by atoms with Crippen molar-refractivity contribution < 1.29 is 5.11 Å². The second-order valence-corrected chi connectivity index (χ2v) is 4.42. The molecule has 2 aromatic rings. The standard InChI is InChI=1S/C11H16N6O/c12-15-9-6-16-5-3-13-10(16)11(14-9)17-4-1-2-8(17)7-18/h3,5-6,8,15,18H,1-2,4,7,12H2. The van der Waals surface area contributed by atoms with Crippen LogP contribution in [0.25, 0.3) is 5.65 Å². The highest BCUT2D eigenvalue weighted by molar-refractivity contribution is 5.67. The van der Waals surface area contributed by atoms with Gasteiger partial charge in [-0.1, -0.05) is 0 Å². The van der Waals surface area contributed by atoms with Gasteiger partial charge < -0.3 is 19.8 Å². The van der Waals surface area contributed by atoms with E-state index in [0.29, 0.717) is 5.82 Å². The number of aliphatic hydroxyl groups is 1. The van der Waals surface area contributed by atoms with Crippen LogP contribution in [-0.4, -0.2) is 38.7 Å². The van der Waals surface area contributed by atoms with E-state index in [-0.39, 0.29) is 12.6 Å². The van der Waals surface area contributed by atoms with Gasteiger partial charge in [-0.05, 0) is 12.8 Å². The number of aromatic nitrogens is 3. The van der Waals surface area contributed by atoms with E-state index in [1.807, 2.05) is 10.6 Å². The lowest BCUT2D eigenvalue weighted by Gasteiger charge is -2.24. The third-order valence-corrected chi connectivity index (χ3v) is 3.36. The number of nitrogens with one attached hydrogen (secondary N) is 1. The molecule has 3 rings (SSSR count). The summed E-state index contributed by atoms with van der Waals surface area (Å²) in [5, 5.41) is 9.41. The number of fused-ring (bicyclic) bond motifs is 1. The van der Waals surface area contributed by atoms with E-state index < -0.39 is 0 Å². The molecule has 96 valence electrons. The topological polar surface area (TPSA) is 91.7 Å². The zero-order chi connectivity index (χ0) is 12.5. The summed E-state index contributed by atoms with van der Waals surface area (Å²) in [5.74, 6) is 6.78. The first-order valence-electron chi connectivity index (χ1n) is 6.01. The number of nitrogens with two attached hydrogens (primary N) is 1. The molecular weight excluding hydrogens is 232 g/mol. The minimum atomic E-state index is 0.117. The van der Waals surface area contributed by atoms with Crippen LogP contribution in [0.5, 0.6) is 0 Å². The van der Waals surface area contributed by atoms with Gasteiger partial charge in [-0.15, -0.1) is 0 Å². The van der Waals surface area contributed by atoms with Crippen molar-refractivity contribution >= 4 is 17.3 Å². The van der Waals surface area contributed by atoms with Gasteiger partial charge in [0.15, 0.2) is 17.3 Å². The zero-order valence-corrected chi connectivity index (χ0v) is 9.95. The van der Waals surface area contributed by atoms with Crippen molar-refractivity contribution in [3.05, 3.63) is 18.6 Å². The highest BCUT2D eigenvalue weighted by Crippen LogP contribution is 2.27. The molecule has 0 aromatic carbocycles. The molecule has 3 heterocycles. The molecule has 1 unspecified atom stereocenters. The molecule has 7 heteroatoms. The molecule has 0 saturated carbocycles. The Labute approximate surface area is 104 Å². The Bertz CT molecular complexity index is 553. The van der Waals surface area contributed by atoms with Crippen LogP contribution in [0.3, 0.4) is 0 Å². The average Bonchev–Trinajstić information content (AvgIpc) is 3.05. The number of aliphatic hydroxyl groups excluding tert-OH is 1. The molecule has 0 amide bonds. The summed E-state index contributed by atoms with van der Waals surface area (Å²) in [4.78, 5) is 10.9. The number of hydrazine groups is 1. The minimum absolute atomic E-state index is 0.117. The lowest BCUT2D eigenvalue weighted by molar-refractivity contribution is 0.266. The SMILES string of the molecule is NNc1cn2ccnc2c(N2CCCC2CO)n1. The minimum Gasteiger partial charge on any atom is -0.394 e. The van der Waals surface area contributed by atoms with Crippen LogP contribution >= 0.6 is 0 Å². The number of rotatable bonds is 3. The molecule has 1 saturated heterocycles. The van der Waals surface area contributed by atoms with Gasteiger partial charge in [0.25, 0.3) is 0 Å². The number of hydrogen-bond acceptors (Lipinski definition) is 6. The lowest BCUT2D eigenvalue weighted by atomic mass is 10.2. The molecule has 2 aromatic heterocycles. The van der Waals surface area contributed by atoms with Gasteiger partial charge in [0, 0.05) is 18.9 Å². The molecule has 0 radical (unpaired) electrons. The maximum Gasteiger partial charge on any atom is 0.180 e. The molecule has 4 N–H and O–H groups in total. The number of nitrogens with zero attached hydrogens (tertiary/aromatic N) is 4. The second-order valence-electron chi connectivity index (χ2n) is 4.42. The van der Waals surface area contributed by atoms with Crippen LogP contribution in [-0.2, 0) is 0 Å². The van der Waals surface area contributed by atoms with Crippen molar-refractivity contribution in [3.8, 4) is 0 Å². The molecule has 18 heavy (non-hydrogen) atoms. The molecule has 0 aliphatic carbocycles. The van der Waals surface area contributed by atoms with E-state index in [1.165, 1.54) is 0 Å². The van der Waals surface area contributed by atoms with E-state index in [9.17, 15) is 5.11 Å². The fraction of sp³-hybridized carbons (Fsp3) is 0.455.